The normalized spacial score (nSPS) is 9.65. The zero-order valence-electron chi connectivity index (χ0n) is 12.8. The van der Waals surface area contributed by atoms with Crippen molar-refractivity contribution in [3.8, 4) is 5.75 Å². The zero-order valence-corrected chi connectivity index (χ0v) is 13.6. The number of hydrogen-bond acceptors (Lipinski definition) is 4. The first-order valence-electron chi connectivity index (χ1n) is 6.99. The lowest BCUT2D eigenvalue weighted by atomic mass is 10.2. The summed E-state index contributed by atoms with van der Waals surface area (Å²) < 4.78 is 22.9. The third-order valence-electron chi connectivity index (χ3n) is 3.04. The third kappa shape index (κ3) is 6.16. The van der Waals surface area contributed by atoms with E-state index in [1.165, 1.54) is 19.2 Å². The number of rotatable bonds is 7. The molecule has 0 bridgehead atoms. The van der Waals surface area contributed by atoms with Gasteiger partial charge in [0.25, 0.3) is 0 Å². The molecule has 0 fully saturated rings. The number of esters is 1. The maximum Gasteiger partial charge on any atom is 0.337 e. The van der Waals surface area contributed by atoms with Crippen molar-refractivity contribution in [2.24, 2.45) is 0 Å². The van der Waals surface area contributed by atoms with Crippen LogP contribution in [0.2, 0.25) is 0 Å². The van der Waals surface area contributed by atoms with Gasteiger partial charge in [-0.3, -0.25) is 0 Å². The Bertz CT molecular complexity index is 602. The van der Waals surface area contributed by atoms with E-state index in [0.29, 0.717) is 17.9 Å². The first kappa shape index (κ1) is 18.8. The van der Waals surface area contributed by atoms with Crippen molar-refractivity contribution in [1.29, 1.82) is 0 Å². The van der Waals surface area contributed by atoms with Crippen molar-refractivity contribution < 1.29 is 18.7 Å². The maximum absolute atomic E-state index is 12.7. The number of benzene rings is 2. The average Bonchev–Trinajstić information content (AvgIpc) is 2.56. The quantitative estimate of drug-likeness (QED) is 0.613. The van der Waals surface area contributed by atoms with E-state index in [2.05, 4.69) is 10.1 Å². The highest BCUT2D eigenvalue weighted by Crippen LogP contribution is 2.13. The topological polar surface area (TPSA) is 47.6 Å². The number of carbonyl (C=O) groups excluding carboxylic acids is 1. The van der Waals surface area contributed by atoms with Crippen LogP contribution in [-0.4, -0.2) is 26.2 Å². The van der Waals surface area contributed by atoms with Crippen LogP contribution in [0.3, 0.4) is 0 Å². The molecule has 1 N–H and O–H groups in total. The smallest absolute Gasteiger partial charge is 0.337 e. The predicted molar refractivity (Wildman–Crippen MR) is 90.0 cm³/mol. The molecule has 0 radical (unpaired) electrons. The third-order valence-corrected chi connectivity index (χ3v) is 3.04. The number of carbonyl (C=O) groups is 1. The predicted octanol–water partition coefficient (Wildman–Crippen LogP) is 3.92. The summed E-state index contributed by atoms with van der Waals surface area (Å²) in [6, 6.07) is 13.0. The molecule has 0 aliphatic rings. The number of halogens is 2. The molecule has 124 valence electrons. The average molecular weight is 340 g/mol. The van der Waals surface area contributed by atoms with Crippen LogP contribution in [0.4, 0.5) is 10.1 Å². The second kappa shape index (κ2) is 9.69. The molecule has 4 nitrogen and oxygen atoms in total. The highest BCUT2D eigenvalue weighted by Gasteiger charge is 2.04. The van der Waals surface area contributed by atoms with Gasteiger partial charge >= 0.3 is 5.97 Å². The molecular formula is C17H19ClFNO3. The van der Waals surface area contributed by atoms with E-state index in [-0.39, 0.29) is 24.2 Å². The SMILES string of the molecule is COC(=O)c1ccc(OCCCNc2ccc(F)cc2)cc1.Cl. The minimum atomic E-state index is -0.366. The Morgan fingerprint density at radius 2 is 1.74 bits per heavy atom. The number of hydrogen-bond donors (Lipinski definition) is 1. The summed E-state index contributed by atoms with van der Waals surface area (Å²) in [6.45, 7) is 1.28. The van der Waals surface area contributed by atoms with Gasteiger partial charge in [0.1, 0.15) is 11.6 Å². The second-order valence-corrected chi connectivity index (χ2v) is 4.65. The molecule has 2 aromatic carbocycles. The maximum atomic E-state index is 12.7. The van der Waals surface area contributed by atoms with Crippen molar-refractivity contribution >= 4 is 24.1 Å². The molecule has 0 aliphatic carbocycles. The number of methoxy groups -OCH3 is 1. The van der Waals surface area contributed by atoms with E-state index >= 15 is 0 Å². The molecule has 6 heteroatoms. The monoisotopic (exact) mass is 339 g/mol. The lowest BCUT2D eigenvalue weighted by Gasteiger charge is -2.08. The summed E-state index contributed by atoms with van der Waals surface area (Å²) in [5.41, 5.74) is 1.37. The summed E-state index contributed by atoms with van der Waals surface area (Å²) in [5, 5.41) is 3.18. The fraction of sp³-hybridized carbons (Fsp3) is 0.235. The highest BCUT2D eigenvalue weighted by molar-refractivity contribution is 5.89. The largest absolute Gasteiger partial charge is 0.494 e. The van der Waals surface area contributed by atoms with E-state index in [4.69, 9.17) is 4.74 Å². The van der Waals surface area contributed by atoms with Crippen molar-refractivity contribution in [2.75, 3.05) is 25.6 Å². The van der Waals surface area contributed by atoms with Gasteiger partial charge in [-0.05, 0) is 55.0 Å². The Labute approximate surface area is 141 Å². The molecule has 0 aliphatic heterocycles. The molecule has 0 saturated heterocycles. The Kier molecular flexibility index (Phi) is 7.91. The van der Waals surface area contributed by atoms with Gasteiger partial charge in [-0.1, -0.05) is 0 Å². The molecule has 0 spiro atoms. The Hall–Kier alpha value is -2.27. The van der Waals surface area contributed by atoms with Crippen LogP contribution < -0.4 is 10.1 Å². The Balaban J connectivity index is 0.00000264. The van der Waals surface area contributed by atoms with Crippen LogP contribution in [-0.2, 0) is 4.74 Å². The fourth-order valence-electron chi connectivity index (χ4n) is 1.87. The van der Waals surface area contributed by atoms with Crippen molar-refractivity contribution in [2.45, 2.75) is 6.42 Å². The molecule has 2 aromatic rings. The Morgan fingerprint density at radius 3 is 2.35 bits per heavy atom. The minimum absolute atomic E-state index is 0. The molecule has 0 amide bonds. The minimum Gasteiger partial charge on any atom is -0.494 e. The van der Waals surface area contributed by atoms with Gasteiger partial charge in [0.15, 0.2) is 0 Å². The molecular weight excluding hydrogens is 321 g/mol. The van der Waals surface area contributed by atoms with Crippen LogP contribution in [0.1, 0.15) is 16.8 Å². The summed E-state index contributed by atoms with van der Waals surface area (Å²) in [4.78, 5) is 11.3. The van der Waals surface area contributed by atoms with E-state index in [1.54, 1.807) is 36.4 Å². The first-order chi connectivity index (χ1) is 10.7. The van der Waals surface area contributed by atoms with Gasteiger partial charge in [0.2, 0.25) is 0 Å². The number of anilines is 1. The van der Waals surface area contributed by atoms with Crippen molar-refractivity contribution in [1.82, 2.24) is 0 Å². The standard InChI is InChI=1S/C17H18FNO3.ClH/c1-21-17(20)13-3-9-16(10-4-13)22-12-2-11-19-15-7-5-14(18)6-8-15;/h3-10,19H,2,11-12H2,1H3;1H. The molecule has 0 saturated carbocycles. The lowest BCUT2D eigenvalue weighted by Crippen LogP contribution is -2.07. The lowest BCUT2D eigenvalue weighted by molar-refractivity contribution is 0.0600. The highest BCUT2D eigenvalue weighted by atomic mass is 35.5. The number of ether oxygens (including phenoxy) is 2. The van der Waals surface area contributed by atoms with Gasteiger partial charge in [0.05, 0.1) is 19.3 Å². The number of nitrogens with one attached hydrogen (secondary N) is 1. The Morgan fingerprint density at radius 1 is 1.09 bits per heavy atom. The van der Waals surface area contributed by atoms with Gasteiger partial charge in [0, 0.05) is 12.2 Å². The molecule has 0 atom stereocenters. The molecule has 0 aromatic heterocycles. The van der Waals surface area contributed by atoms with E-state index in [9.17, 15) is 9.18 Å². The van der Waals surface area contributed by atoms with E-state index in [0.717, 1.165) is 18.7 Å². The van der Waals surface area contributed by atoms with Crippen LogP contribution in [0.15, 0.2) is 48.5 Å². The van der Waals surface area contributed by atoms with Crippen molar-refractivity contribution in [3.05, 3.63) is 59.9 Å². The van der Waals surface area contributed by atoms with Gasteiger partial charge in [-0.2, -0.15) is 0 Å². The van der Waals surface area contributed by atoms with E-state index < -0.39 is 0 Å². The molecule has 0 heterocycles. The second-order valence-electron chi connectivity index (χ2n) is 4.65. The van der Waals surface area contributed by atoms with Crippen molar-refractivity contribution in [3.63, 3.8) is 0 Å². The summed E-state index contributed by atoms with van der Waals surface area (Å²) in [6.07, 6.45) is 0.802. The van der Waals surface area contributed by atoms with Crippen LogP contribution in [0.25, 0.3) is 0 Å². The van der Waals surface area contributed by atoms with E-state index in [1.807, 2.05) is 0 Å². The molecule has 23 heavy (non-hydrogen) atoms. The van der Waals surface area contributed by atoms with Crippen LogP contribution in [0, 0.1) is 5.82 Å². The van der Waals surface area contributed by atoms with Crippen LogP contribution in [0.5, 0.6) is 5.75 Å². The summed E-state index contributed by atoms with van der Waals surface area (Å²) in [5.74, 6) is 0.0915. The van der Waals surface area contributed by atoms with Crippen LogP contribution >= 0.6 is 12.4 Å². The molecule has 0 unspecified atom stereocenters. The fourth-order valence-corrected chi connectivity index (χ4v) is 1.87. The van der Waals surface area contributed by atoms with Gasteiger partial charge in [-0.25, -0.2) is 9.18 Å². The zero-order chi connectivity index (χ0) is 15.8. The summed E-state index contributed by atoms with van der Waals surface area (Å²) >= 11 is 0. The first-order valence-corrected chi connectivity index (χ1v) is 6.99. The van der Waals surface area contributed by atoms with Gasteiger partial charge < -0.3 is 14.8 Å². The molecule has 2 rings (SSSR count). The summed E-state index contributed by atoms with van der Waals surface area (Å²) in [7, 11) is 1.35. The van der Waals surface area contributed by atoms with Gasteiger partial charge in [-0.15, -0.1) is 12.4 Å².